The van der Waals surface area contributed by atoms with Gasteiger partial charge in [0.15, 0.2) is 15.6 Å². The lowest BCUT2D eigenvalue weighted by molar-refractivity contribution is -0.117. The first kappa shape index (κ1) is 22.6. The SMILES string of the molecule is COc1ccc(-c2onc(C)c2C)cc1S(=O)(=O)CCC(=O)N(C)c1cccc(C)c1. The molecule has 164 valence electrons. The van der Waals surface area contributed by atoms with Crippen molar-refractivity contribution >= 4 is 21.4 Å². The molecule has 3 aromatic rings. The molecule has 0 fully saturated rings. The number of methoxy groups -OCH3 is 1. The highest BCUT2D eigenvalue weighted by atomic mass is 32.2. The molecular formula is C23H26N2O5S. The van der Waals surface area contributed by atoms with Crippen molar-refractivity contribution in [2.24, 2.45) is 0 Å². The van der Waals surface area contributed by atoms with Crippen molar-refractivity contribution in [2.45, 2.75) is 32.1 Å². The van der Waals surface area contributed by atoms with E-state index in [-0.39, 0.29) is 28.7 Å². The average Bonchev–Trinajstić information content (AvgIpc) is 3.09. The molecule has 0 unspecified atom stereocenters. The van der Waals surface area contributed by atoms with Crippen molar-refractivity contribution < 1.29 is 22.5 Å². The molecule has 0 aliphatic heterocycles. The molecule has 0 saturated heterocycles. The fourth-order valence-electron chi connectivity index (χ4n) is 3.23. The summed E-state index contributed by atoms with van der Waals surface area (Å²) in [6, 6.07) is 12.3. The quantitative estimate of drug-likeness (QED) is 0.547. The Morgan fingerprint density at radius 3 is 2.48 bits per heavy atom. The van der Waals surface area contributed by atoms with Crippen molar-refractivity contribution in [1.29, 1.82) is 0 Å². The molecular weight excluding hydrogens is 416 g/mol. The van der Waals surface area contributed by atoms with Gasteiger partial charge in [-0.3, -0.25) is 4.79 Å². The molecule has 0 spiro atoms. The zero-order valence-corrected chi connectivity index (χ0v) is 19.1. The minimum atomic E-state index is -3.79. The van der Waals surface area contributed by atoms with Crippen LogP contribution in [0.15, 0.2) is 51.9 Å². The first-order valence-electron chi connectivity index (χ1n) is 9.81. The first-order valence-corrected chi connectivity index (χ1v) is 11.5. The Balaban J connectivity index is 1.84. The number of sulfone groups is 1. The summed E-state index contributed by atoms with van der Waals surface area (Å²) in [5, 5.41) is 3.93. The van der Waals surface area contributed by atoms with Gasteiger partial charge in [0.25, 0.3) is 0 Å². The summed E-state index contributed by atoms with van der Waals surface area (Å²) in [5.74, 6) is 0.103. The van der Waals surface area contributed by atoms with Crippen LogP contribution in [0.5, 0.6) is 5.75 Å². The lowest BCUT2D eigenvalue weighted by Crippen LogP contribution is -2.28. The number of benzene rings is 2. The summed E-state index contributed by atoms with van der Waals surface area (Å²) in [6.07, 6.45) is -0.152. The van der Waals surface area contributed by atoms with Gasteiger partial charge >= 0.3 is 0 Å². The Bertz CT molecular complexity index is 1210. The molecule has 0 atom stereocenters. The van der Waals surface area contributed by atoms with E-state index in [1.807, 2.05) is 45.0 Å². The predicted octanol–water partition coefficient (Wildman–Crippen LogP) is 4.10. The van der Waals surface area contributed by atoms with Gasteiger partial charge in [-0.1, -0.05) is 17.3 Å². The van der Waals surface area contributed by atoms with Gasteiger partial charge < -0.3 is 14.2 Å². The molecule has 31 heavy (non-hydrogen) atoms. The van der Waals surface area contributed by atoms with E-state index in [0.29, 0.717) is 11.3 Å². The van der Waals surface area contributed by atoms with Crippen molar-refractivity contribution in [2.75, 3.05) is 24.8 Å². The first-order chi connectivity index (χ1) is 14.6. The Morgan fingerprint density at radius 2 is 1.87 bits per heavy atom. The summed E-state index contributed by atoms with van der Waals surface area (Å²) in [4.78, 5) is 14.1. The van der Waals surface area contributed by atoms with Crippen LogP contribution in [0.4, 0.5) is 5.69 Å². The fraction of sp³-hybridized carbons (Fsp3) is 0.304. The third-order valence-electron chi connectivity index (χ3n) is 5.27. The number of aryl methyl sites for hydroxylation is 2. The highest BCUT2D eigenvalue weighted by molar-refractivity contribution is 7.91. The Kier molecular flexibility index (Phi) is 6.50. The zero-order valence-electron chi connectivity index (χ0n) is 18.3. The van der Waals surface area contributed by atoms with Gasteiger partial charge in [-0.2, -0.15) is 0 Å². The van der Waals surface area contributed by atoms with E-state index >= 15 is 0 Å². The van der Waals surface area contributed by atoms with Crippen molar-refractivity contribution in [3.05, 3.63) is 59.3 Å². The number of carbonyl (C=O) groups excluding carboxylic acids is 1. The van der Waals surface area contributed by atoms with Gasteiger partial charge in [0.1, 0.15) is 10.6 Å². The standard InChI is InChI=1S/C23H26N2O5S/c1-15-7-6-8-19(13-15)25(4)22(26)11-12-31(27,28)21-14-18(9-10-20(21)29-5)23-16(2)17(3)24-30-23/h6-10,13-14H,11-12H2,1-5H3. The number of hydrogen-bond donors (Lipinski definition) is 0. The second-order valence-corrected chi connectivity index (χ2v) is 9.53. The second-order valence-electron chi connectivity index (χ2n) is 7.45. The molecule has 0 aliphatic carbocycles. The van der Waals surface area contributed by atoms with Crippen LogP contribution < -0.4 is 9.64 Å². The van der Waals surface area contributed by atoms with Crippen molar-refractivity contribution in [1.82, 2.24) is 5.16 Å². The number of aromatic nitrogens is 1. The largest absolute Gasteiger partial charge is 0.495 e. The zero-order chi connectivity index (χ0) is 22.8. The molecule has 1 heterocycles. The van der Waals surface area contributed by atoms with Gasteiger partial charge in [0.2, 0.25) is 5.91 Å². The highest BCUT2D eigenvalue weighted by Crippen LogP contribution is 2.33. The lowest BCUT2D eigenvalue weighted by Gasteiger charge is -2.18. The Hall–Kier alpha value is -3.13. The van der Waals surface area contributed by atoms with E-state index in [1.54, 1.807) is 19.2 Å². The monoisotopic (exact) mass is 442 g/mol. The predicted molar refractivity (Wildman–Crippen MR) is 119 cm³/mol. The number of carbonyl (C=O) groups is 1. The van der Waals surface area contributed by atoms with E-state index in [2.05, 4.69) is 5.16 Å². The minimum Gasteiger partial charge on any atom is -0.495 e. The maximum absolute atomic E-state index is 13.1. The Morgan fingerprint density at radius 1 is 1.13 bits per heavy atom. The molecule has 0 N–H and O–H groups in total. The summed E-state index contributed by atoms with van der Waals surface area (Å²) >= 11 is 0. The summed E-state index contributed by atoms with van der Waals surface area (Å²) in [7, 11) is -0.743. The third-order valence-corrected chi connectivity index (χ3v) is 7.00. The van der Waals surface area contributed by atoms with Crippen LogP contribution >= 0.6 is 0 Å². The molecule has 8 heteroatoms. The van der Waals surface area contributed by atoms with Gasteiger partial charge in [0.05, 0.1) is 18.6 Å². The van der Waals surface area contributed by atoms with Crippen LogP contribution in [0.3, 0.4) is 0 Å². The van der Waals surface area contributed by atoms with Crippen LogP contribution in [0.1, 0.15) is 23.2 Å². The maximum Gasteiger partial charge on any atom is 0.227 e. The highest BCUT2D eigenvalue weighted by Gasteiger charge is 2.24. The molecule has 3 rings (SSSR count). The molecule has 2 aromatic carbocycles. The minimum absolute atomic E-state index is 0.0203. The number of nitrogens with zero attached hydrogens (tertiary/aromatic N) is 2. The maximum atomic E-state index is 13.1. The Labute approximate surface area is 182 Å². The van der Waals surface area contributed by atoms with Crippen molar-refractivity contribution in [3.63, 3.8) is 0 Å². The van der Waals surface area contributed by atoms with Crippen molar-refractivity contribution in [3.8, 4) is 17.1 Å². The van der Waals surface area contributed by atoms with E-state index in [1.165, 1.54) is 18.1 Å². The summed E-state index contributed by atoms with van der Waals surface area (Å²) < 4.78 is 36.9. The molecule has 7 nitrogen and oxygen atoms in total. The molecule has 1 amide bonds. The second kappa shape index (κ2) is 8.93. The fourth-order valence-corrected chi connectivity index (χ4v) is 4.65. The van der Waals surface area contributed by atoms with E-state index in [9.17, 15) is 13.2 Å². The number of amides is 1. The van der Waals surface area contributed by atoms with Crippen LogP contribution in [-0.4, -0.2) is 39.4 Å². The molecule has 0 radical (unpaired) electrons. The van der Waals surface area contributed by atoms with E-state index in [4.69, 9.17) is 9.26 Å². The number of rotatable bonds is 7. The normalized spacial score (nSPS) is 11.4. The van der Waals surface area contributed by atoms with E-state index < -0.39 is 9.84 Å². The van der Waals surface area contributed by atoms with E-state index in [0.717, 1.165) is 22.5 Å². The average molecular weight is 443 g/mol. The molecule has 0 aliphatic rings. The molecule has 1 aromatic heterocycles. The van der Waals surface area contributed by atoms with Gasteiger partial charge in [-0.05, 0) is 56.7 Å². The topological polar surface area (TPSA) is 89.7 Å². The third kappa shape index (κ3) is 4.80. The van der Waals surface area contributed by atoms with Crippen LogP contribution in [0.2, 0.25) is 0 Å². The summed E-state index contributed by atoms with van der Waals surface area (Å²) in [6.45, 7) is 5.61. The molecule has 0 saturated carbocycles. The van der Waals surface area contributed by atoms with Gasteiger partial charge in [0, 0.05) is 30.3 Å². The number of hydrogen-bond acceptors (Lipinski definition) is 6. The number of ether oxygens (including phenoxy) is 1. The van der Waals surface area contributed by atoms with Crippen LogP contribution in [-0.2, 0) is 14.6 Å². The van der Waals surface area contributed by atoms with Gasteiger partial charge in [-0.15, -0.1) is 0 Å². The van der Waals surface area contributed by atoms with Crippen LogP contribution in [0.25, 0.3) is 11.3 Å². The lowest BCUT2D eigenvalue weighted by atomic mass is 10.1. The smallest absolute Gasteiger partial charge is 0.227 e. The number of anilines is 1. The van der Waals surface area contributed by atoms with Gasteiger partial charge in [-0.25, -0.2) is 8.42 Å². The molecule has 0 bridgehead atoms. The van der Waals surface area contributed by atoms with Crippen LogP contribution in [0, 0.1) is 20.8 Å². The summed E-state index contributed by atoms with van der Waals surface area (Å²) in [5.41, 5.74) is 3.89.